The maximum Gasteiger partial charge on any atom is 0.276 e. The minimum atomic E-state index is -0.508. The molecule has 2 aromatic carbocycles. The highest BCUT2D eigenvalue weighted by atomic mass is 35.5. The molecular weight excluding hydrogens is 608 g/mol. The first-order valence-corrected chi connectivity index (χ1v) is 14.0. The first kappa shape index (κ1) is 26.6. The van der Waals surface area contributed by atoms with Gasteiger partial charge in [0.2, 0.25) is 0 Å². The van der Waals surface area contributed by atoms with E-state index >= 15 is 0 Å². The van der Waals surface area contributed by atoms with Crippen LogP contribution in [-0.4, -0.2) is 26.8 Å². The number of nitrogens with zero attached hydrogens (tertiary/aromatic N) is 3. The van der Waals surface area contributed by atoms with Crippen molar-refractivity contribution in [3.63, 3.8) is 0 Å². The fraction of sp³-hybridized carbons (Fsp3) is 0. The average molecular weight is 621 g/mol. The molecule has 3 aromatic heterocycles. The minimum absolute atomic E-state index is 0.0552. The lowest BCUT2D eigenvalue weighted by Gasteiger charge is -2.05. The van der Waals surface area contributed by atoms with Crippen molar-refractivity contribution in [2.75, 3.05) is 10.6 Å². The van der Waals surface area contributed by atoms with Crippen LogP contribution in [0.15, 0.2) is 65.4 Å². The summed E-state index contributed by atoms with van der Waals surface area (Å²) >= 11 is 26.6. The molecule has 0 aliphatic rings. The Balaban J connectivity index is 1.26. The van der Waals surface area contributed by atoms with E-state index in [0.29, 0.717) is 41.7 Å². The van der Waals surface area contributed by atoms with Gasteiger partial charge in [0.05, 0.1) is 31.5 Å². The standard InChI is InChI=1S/C25H13Cl4N5O2S2/c26-14-6-4-12(8-16(14)28)20-10-37-24(31-20)33-22(35)18-2-1-3-19(30-18)23(36)34-25-32-21(11-38-25)13-5-7-15(27)17(29)9-13/h1-11H,(H,31,33,35)(H,32,34,36). The summed E-state index contributed by atoms with van der Waals surface area (Å²) in [6, 6.07) is 14.9. The summed E-state index contributed by atoms with van der Waals surface area (Å²) in [5, 5.41) is 11.4. The first-order valence-electron chi connectivity index (χ1n) is 10.7. The molecule has 2 N–H and O–H groups in total. The number of aromatic nitrogens is 3. The summed E-state index contributed by atoms with van der Waals surface area (Å²) in [4.78, 5) is 38.6. The third kappa shape index (κ3) is 5.99. The van der Waals surface area contributed by atoms with Gasteiger partial charge in [0, 0.05) is 21.9 Å². The van der Waals surface area contributed by atoms with Crippen LogP contribution in [0.3, 0.4) is 0 Å². The fourth-order valence-corrected chi connectivity index (χ4v) is 5.27. The Labute approximate surface area is 244 Å². The van der Waals surface area contributed by atoms with E-state index in [1.807, 2.05) is 0 Å². The van der Waals surface area contributed by atoms with Crippen molar-refractivity contribution >= 4 is 91.2 Å². The summed E-state index contributed by atoms with van der Waals surface area (Å²) < 4.78 is 0. The minimum Gasteiger partial charge on any atom is -0.296 e. The molecule has 0 saturated carbocycles. The summed E-state index contributed by atoms with van der Waals surface area (Å²) in [6.45, 7) is 0. The summed E-state index contributed by atoms with van der Waals surface area (Å²) in [5.41, 5.74) is 2.90. The molecule has 0 bridgehead atoms. The molecule has 0 aliphatic carbocycles. The van der Waals surface area contributed by atoms with E-state index in [9.17, 15) is 9.59 Å². The molecule has 0 saturated heterocycles. The lowest BCUT2D eigenvalue weighted by molar-refractivity contribution is 0.101. The van der Waals surface area contributed by atoms with Crippen LogP contribution in [0.5, 0.6) is 0 Å². The molecule has 3 heterocycles. The van der Waals surface area contributed by atoms with Gasteiger partial charge in [-0.3, -0.25) is 20.2 Å². The molecule has 0 radical (unpaired) electrons. The van der Waals surface area contributed by atoms with Crippen molar-refractivity contribution in [1.82, 2.24) is 15.0 Å². The molecule has 5 aromatic rings. The fourth-order valence-electron chi connectivity index (χ4n) is 3.25. The number of benzene rings is 2. The van der Waals surface area contributed by atoms with Crippen LogP contribution in [0, 0.1) is 0 Å². The zero-order valence-corrected chi connectivity index (χ0v) is 23.5. The van der Waals surface area contributed by atoms with E-state index < -0.39 is 11.8 Å². The number of carbonyl (C=O) groups is 2. The molecule has 7 nitrogen and oxygen atoms in total. The summed E-state index contributed by atoms with van der Waals surface area (Å²) in [7, 11) is 0. The van der Waals surface area contributed by atoms with Crippen molar-refractivity contribution in [3.8, 4) is 22.5 Å². The first-order chi connectivity index (χ1) is 18.3. The average Bonchev–Trinajstić information content (AvgIpc) is 3.57. The number of hydrogen-bond acceptors (Lipinski definition) is 7. The van der Waals surface area contributed by atoms with Crippen LogP contribution in [-0.2, 0) is 0 Å². The highest BCUT2D eigenvalue weighted by molar-refractivity contribution is 7.14. The molecule has 13 heteroatoms. The second-order valence-corrected chi connectivity index (χ2v) is 11.0. The van der Waals surface area contributed by atoms with Crippen molar-refractivity contribution in [2.24, 2.45) is 0 Å². The Hall–Kier alpha value is -3.05. The molecule has 0 aliphatic heterocycles. The normalized spacial score (nSPS) is 10.8. The zero-order valence-electron chi connectivity index (χ0n) is 18.8. The lowest BCUT2D eigenvalue weighted by atomic mass is 10.2. The van der Waals surface area contributed by atoms with Crippen molar-refractivity contribution < 1.29 is 9.59 Å². The van der Waals surface area contributed by atoms with Crippen molar-refractivity contribution in [1.29, 1.82) is 0 Å². The van der Waals surface area contributed by atoms with Crippen molar-refractivity contribution in [3.05, 3.63) is 96.8 Å². The number of amides is 2. The summed E-state index contributed by atoms with van der Waals surface area (Å²) in [6.07, 6.45) is 0. The number of rotatable bonds is 6. The smallest absolute Gasteiger partial charge is 0.276 e. The number of halogens is 4. The van der Waals surface area contributed by atoms with Crippen molar-refractivity contribution in [2.45, 2.75) is 0 Å². The largest absolute Gasteiger partial charge is 0.296 e. The van der Waals surface area contributed by atoms with Crippen LogP contribution < -0.4 is 10.6 Å². The van der Waals surface area contributed by atoms with Gasteiger partial charge >= 0.3 is 0 Å². The number of nitrogens with one attached hydrogen (secondary N) is 2. The molecule has 190 valence electrons. The topological polar surface area (TPSA) is 96.9 Å². The number of pyridine rings is 1. The van der Waals surface area contributed by atoms with Gasteiger partial charge in [-0.2, -0.15) is 0 Å². The SMILES string of the molecule is O=C(Nc1nc(-c2ccc(Cl)c(Cl)c2)cs1)c1cccc(C(=O)Nc2nc(-c3ccc(Cl)c(Cl)c3)cs2)n1. The monoisotopic (exact) mass is 619 g/mol. The molecule has 0 unspecified atom stereocenters. The van der Waals surface area contributed by atoms with Crippen LogP contribution in [0.4, 0.5) is 10.3 Å². The van der Waals surface area contributed by atoms with Gasteiger partial charge < -0.3 is 0 Å². The van der Waals surface area contributed by atoms with Gasteiger partial charge in [0.25, 0.3) is 11.8 Å². The van der Waals surface area contributed by atoms with Gasteiger partial charge in [0.15, 0.2) is 10.3 Å². The number of anilines is 2. The Kier molecular flexibility index (Phi) is 7.94. The van der Waals surface area contributed by atoms with Gasteiger partial charge in [-0.15, -0.1) is 22.7 Å². The van der Waals surface area contributed by atoms with E-state index in [1.54, 1.807) is 53.2 Å². The Morgan fingerprint density at radius 3 is 1.47 bits per heavy atom. The maximum absolute atomic E-state index is 12.8. The molecule has 0 atom stereocenters. The van der Waals surface area contributed by atoms with E-state index in [4.69, 9.17) is 46.4 Å². The van der Waals surface area contributed by atoms with Gasteiger partial charge in [0.1, 0.15) is 11.4 Å². The quantitative estimate of drug-likeness (QED) is 0.198. The number of carbonyl (C=O) groups excluding carboxylic acids is 2. The van der Waals surface area contributed by atoms with E-state index in [1.165, 1.54) is 34.8 Å². The van der Waals surface area contributed by atoms with Gasteiger partial charge in [-0.1, -0.05) is 64.6 Å². The molecule has 0 fully saturated rings. The summed E-state index contributed by atoms with van der Waals surface area (Å²) in [5.74, 6) is -1.02. The Morgan fingerprint density at radius 1 is 0.605 bits per heavy atom. The second-order valence-electron chi connectivity index (χ2n) is 7.65. The van der Waals surface area contributed by atoms with Crippen LogP contribution in [0.2, 0.25) is 20.1 Å². The molecule has 38 heavy (non-hydrogen) atoms. The van der Waals surface area contributed by atoms with E-state index in [-0.39, 0.29) is 11.4 Å². The predicted octanol–water partition coefficient (Wildman–Crippen LogP) is 8.45. The van der Waals surface area contributed by atoms with Crippen LogP contribution in [0.25, 0.3) is 22.5 Å². The van der Waals surface area contributed by atoms with E-state index in [0.717, 1.165) is 11.1 Å². The third-order valence-corrected chi connectivity index (χ3v) is 8.09. The third-order valence-electron chi connectivity index (χ3n) is 5.09. The van der Waals surface area contributed by atoms with Crippen LogP contribution >= 0.6 is 69.1 Å². The van der Waals surface area contributed by atoms with Crippen LogP contribution in [0.1, 0.15) is 21.0 Å². The molecule has 5 rings (SSSR count). The van der Waals surface area contributed by atoms with Gasteiger partial charge in [-0.25, -0.2) is 15.0 Å². The van der Waals surface area contributed by atoms with Gasteiger partial charge in [-0.05, 0) is 36.4 Å². The molecular formula is C25H13Cl4N5O2S2. The highest BCUT2D eigenvalue weighted by Crippen LogP contribution is 2.32. The predicted molar refractivity (Wildman–Crippen MR) is 155 cm³/mol. The number of thiazole rings is 2. The Bertz CT molecular complexity index is 1570. The number of hydrogen-bond donors (Lipinski definition) is 2. The second kappa shape index (κ2) is 11.4. The molecule has 0 spiro atoms. The highest BCUT2D eigenvalue weighted by Gasteiger charge is 2.16. The maximum atomic E-state index is 12.8. The zero-order chi connectivity index (χ0) is 26.8. The lowest BCUT2D eigenvalue weighted by Crippen LogP contribution is -2.18. The molecule has 2 amide bonds. The Morgan fingerprint density at radius 2 is 1.05 bits per heavy atom. The van der Waals surface area contributed by atoms with E-state index in [2.05, 4.69) is 25.6 Å².